The predicted molar refractivity (Wildman–Crippen MR) is 31.6 cm³/mol. The predicted octanol–water partition coefficient (Wildman–Crippen LogP) is 1.38. The maximum absolute atomic E-state index is 2.08. The van der Waals surface area contributed by atoms with Gasteiger partial charge < -0.3 is 0 Å². The van der Waals surface area contributed by atoms with Crippen LogP contribution in [0.4, 0.5) is 0 Å². The fourth-order valence-electron chi connectivity index (χ4n) is 0.549. The molecule has 0 spiro atoms. The molecule has 0 aliphatic carbocycles. The average molecular weight is 138 g/mol. The molecule has 0 bridgehead atoms. The number of benzene rings is 1. The third-order valence-electron chi connectivity index (χ3n) is 0.966. The molecule has 0 unspecified atom stereocenters. The van der Waals surface area contributed by atoms with Crippen molar-refractivity contribution in [2.24, 2.45) is 0 Å². The Morgan fingerprint density at radius 3 is 2.12 bits per heavy atom. The minimum atomic E-state index is 1.28. The van der Waals surface area contributed by atoms with E-state index in [9.17, 15) is 0 Å². The molecule has 0 N–H and O–H groups in total. The first-order chi connectivity index (χ1) is 3.93. The summed E-state index contributed by atoms with van der Waals surface area (Å²) in [7, 11) is 0. The average Bonchev–Trinajstić information content (AvgIpc) is 1.90. The molecule has 0 atom stereocenters. The van der Waals surface area contributed by atoms with Crippen molar-refractivity contribution in [2.75, 3.05) is 0 Å². The quantitative estimate of drug-likeness (QED) is 0.514. The van der Waals surface area contributed by atoms with Crippen molar-refractivity contribution in [2.45, 2.75) is 0 Å². The van der Waals surface area contributed by atoms with E-state index in [1.54, 1.807) is 0 Å². The molecule has 0 nitrogen and oxygen atoms in total. The molecule has 36 valence electrons. The van der Waals surface area contributed by atoms with Crippen molar-refractivity contribution in [3.05, 3.63) is 35.9 Å². The van der Waals surface area contributed by atoms with Crippen molar-refractivity contribution in [3.8, 4) is 0 Å². The molecule has 8 heavy (non-hydrogen) atoms. The molecule has 0 amide bonds. The Morgan fingerprint density at radius 1 is 1.12 bits per heavy atom. The zero-order valence-electron chi connectivity index (χ0n) is 4.46. The summed E-state index contributed by atoms with van der Waals surface area (Å²) in [5.74, 6) is 0. The zero-order valence-corrected chi connectivity index (χ0v) is 6.03. The number of rotatable bonds is 1. The monoisotopic (exact) mass is 138 g/mol. The second kappa shape index (κ2) is 2.96. The fourth-order valence-corrected chi connectivity index (χ4v) is 0.850. The maximum atomic E-state index is 2.08. The molecule has 0 aliphatic rings. The van der Waals surface area contributed by atoms with Gasteiger partial charge in [-0.05, 0) is 0 Å². The first-order valence-electron chi connectivity index (χ1n) is 2.49. The Bertz CT molecular complexity index is 167. The van der Waals surface area contributed by atoms with Gasteiger partial charge in [-0.1, -0.05) is 0 Å². The van der Waals surface area contributed by atoms with Crippen LogP contribution < -0.4 is 0 Å². The molecule has 1 heteroatoms. The zero-order chi connectivity index (χ0) is 5.82. The summed E-state index contributed by atoms with van der Waals surface area (Å²) >= 11 is 2.04. The van der Waals surface area contributed by atoms with E-state index in [2.05, 4.69) is 16.4 Å². The van der Waals surface area contributed by atoms with Gasteiger partial charge in [0, 0.05) is 0 Å². The molecule has 0 fully saturated rings. The Balaban J connectivity index is 2.99. The van der Waals surface area contributed by atoms with Crippen molar-refractivity contribution in [1.29, 1.82) is 0 Å². The van der Waals surface area contributed by atoms with Crippen molar-refractivity contribution in [3.63, 3.8) is 0 Å². The molecule has 0 saturated heterocycles. The molecule has 0 aromatic heterocycles. The summed E-state index contributed by atoms with van der Waals surface area (Å²) in [4.78, 5) is 0. The van der Waals surface area contributed by atoms with E-state index in [1.165, 1.54) is 5.56 Å². The van der Waals surface area contributed by atoms with Gasteiger partial charge in [-0.2, -0.15) is 0 Å². The fraction of sp³-hybridized carbons (Fsp3) is 0. The second-order valence-corrected chi connectivity index (χ2v) is 2.01. The van der Waals surface area contributed by atoms with Gasteiger partial charge in [-0.3, -0.25) is 0 Å². The molecule has 1 aromatic carbocycles. The molecule has 1 rings (SSSR count). The van der Waals surface area contributed by atoms with Gasteiger partial charge in [0.25, 0.3) is 0 Å². The molecule has 0 saturated carbocycles. The van der Waals surface area contributed by atoms with Crippen LogP contribution >= 0.6 is 0 Å². The van der Waals surface area contributed by atoms with Crippen LogP contribution in [0.2, 0.25) is 0 Å². The topological polar surface area (TPSA) is 0 Å². The van der Waals surface area contributed by atoms with Gasteiger partial charge in [0.1, 0.15) is 0 Å². The minimum absolute atomic E-state index is 1.28. The van der Waals surface area contributed by atoms with Gasteiger partial charge in [0.2, 0.25) is 0 Å². The SMILES string of the molecule is [Ti+2]=[CH]c1ccccc1. The van der Waals surface area contributed by atoms with Gasteiger partial charge in [-0.25, -0.2) is 0 Å². The van der Waals surface area contributed by atoms with E-state index in [-0.39, 0.29) is 0 Å². The van der Waals surface area contributed by atoms with Crippen LogP contribution in [0.1, 0.15) is 5.56 Å². The van der Waals surface area contributed by atoms with Crippen molar-refractivity contribution < 1.29 is 20.0 Å². The summed E-state index contributed by atoms with van der Waals surface area (Å²) in [5.41, 5.74) is 1.28. The van der Waals surface area contributed by atoms with Crippen LogP contribution in [-0.2, 0) is 20.0 Å². The first kappa shape index (κ1) is 5.93. The summed E-state index contributed by atoms with van der Waals surface area (Å²) < 4.78 is 2.08. The van der Waals surface area contributed by atoms with Crippen LogP contribution in [0.25, 0.3) is 0 Å². The van der Waals surface area contributed by atoms with Crippen LogP contribution in [0.5, 0.6) is 0 Å². The van der Waals surface area contributed by atoms with Gasteiger partial charge >= 0.3 is 60.2 Å². The molecule has 0 aliphatic heterocycles. The van der Waals surface area contributed by atoms with E-state index < -0.39 is 0 Å². The van der Waals surface area contributed by atoms with Gasteiger partial charge in [0.05, 0.1) is 0 Å². The van der Waals surface area contributed by atoms with E-state index in [4.69, 9.17) is 0 Å². The molecule has 1 aromatic rings. The van der Waals surface area contributed by atoms with E-state index >= 15 is 0 Å². The van der Waals surface area contributed by atoms with Gasteiger partial charge in [-0.15, -0.1) is 0 Å². The normalized spacial score (nSPS) is 8.75. The van der Waals surface area contributed by atoms with Crippen LogP contribution in [-0.4, -0.2) is 4.31 Å². The van der Waals surface area contributed by atoms with E-state index in [0.717, 1.165) is 0 Å². The second-order valence-electron chi connectivity index (χ2n) is 1.56. The third-order valence-corrected chi connectivity index (χ3v) is 1.49. The molecular formula is C7H6Ti+2. The van der Waals surface area contributed by atoms with Crippen molar-refractivity contribution in [1.82, 2.24) is 0 Å². The Labute approximate surface area is 60.4 Å². The summed E-state index contributed by atoms with van der Waals surface area (Å²) in [6.45, 7) is 0. The summed E-state index contributed by atoms with van der Waals surface area (Å²) in [6, 6.07) is 10.3. The number of hydrogen-bond donors (Lipinski definition) is 0. The number of hydrogen-bond acceptors (Lipinski definition) is 0. The van der Waals surface area contributed by atoms with Crippen LogP contribution in [0, 0.1) is 0 Å². The van der Waals surface area contributed by atoms with Crippen LogP contribution in [0.3, 0.4) is 0 Å². The van der Waals surface area contributed by atoms with E-state index in [1.807, 2.05) is 38.2 Å². The summed E-state index contributed by atoms with van der Waals surface area (Å²) in [5, 5.41) is 0. The first-order valence-corrected chi connectivity index (χ1v) is 3.39. The van der Waals surface area contributed by atoms with E-state index in [0.29, 0.717) is 0 Å². The molecule has 0 radical (unpaired) electrons. The summed E-state index contributed by atoms with van der Waals surface area (Å²) in [6.07, 6.45) is 0. The van der Waals surface area contributed by atoms with Crippen LogP contribution in [0.15, 0.2) is 30.3 Å². The Hall–Kier alpha value is -0.196. The molecule has 0 heterocycles. The Morgan fingerprint density at radius 2 is 1.75 bits per heavy atom. The Kier molecular flexibility index (Phi) is 2.19. The van der Waals surface area contributed by atoms with Gasteiger partial charge in [0.15, 0.2) is 0 Å². The van der Waals surface area contributed by atoms with Crippen molar-refractivity contribution >= 4 is 4.31 Å². The molecular weight excluding hydrogens is 132 g/mol. The third kappa shape index (κ3) is 1.39. The standard InChI is InChI=1S/C7H6.Ti/c1-7-5-3-2-4-6-7;/h1-6H;/q;+2.